The monoisotopic (exact) mass is 449 g/mol. The van der Waals surface area contributed by atoms with Gasteiger partial charge in [0.05, 0.1) is 31.0 Å². The Balaban J connectivity index is 1.77. The van der Waals surface area contributed by atoms with Gasteiger partial charge in [0.25, 0.3) is 0 Å². The first-order valence-electron chi connectivity index (χ1n) is 10.9. The van der Waals surface area contributed by atoms with Crippen molar-refractivity contribution in [3.63, 3.8) is 0 Å². The summed E-state index contributed by atoms with van der Waals surface area (Å²) in [6, 6.07) is 28.5. The fourth-order valence-electron chi connectivity index (χ4n) is 3.44. The van der Waals surface area contributed by atoms with Crippen LogP contribution in [0.2, 0.25) is 0 Å². The van der Waals surface area contributed by atoms with Crippen LogP contribution in [0.5, 0.6) is 0 Å². The standard InChI is InChI=1S/C26H31N3O4/c30-18-23(31)26(33)25(32)22(27-16-19-10-4-1-5-11-19)17-28-29-24(20-12-6-2-7-13-20)21-14-8-3-9-15-21/h1-15,22-23,25-28,30-33H,16-18H2/t22?,23?,25-,26+/m1/s1. The second kappa shape index (κ2) is 12.8. The summed E-state index contributed by atoms with van der Waals surface area (Å²) in [4.78, 5) is 0. The van der Waals surface area contributed by atoms with Gasteiger partial charge in [-0.15, -0.1) is 0 Å². The summed E-state index contributed by atoms with van der Waals surface area (Å²) in [5, 5.41) is 47.7. The molecule has 0 saturated heterocycles. The molecule has 0 heterocycles. The van der Waals surface area contributed by atoms with Crippen LogP contribution >= 0.6 is 0 Å². The minimum atomic E-state index is -1.52. The van der Waals surface area contributed by atoms with E-state index in [2.05, 4.69) is 15.8 Å². The third kappa shape index (κ3) is 7.21. The molecule has 174 valence electrons. The van der Waals surface area contributed by atoms with Gasteiger partial charge in [-0.1, -0.05) is 91.0 Å². The smallest absolute Gasteiger partial charge is 0.110 e. The van der Waals surface area contributed by atoms with Crippen molar-refractivity contribution in [2.24, 2.45) is 5.10 Å². The Hall–Kier alpha value is -3.07. The van der Waals surface area contributed by atoms with Gasteiger partial charge in [0.1, 0.15) is 12.2 Å². The Morgan fingerprint density at radius 3 is 1.76 bits per heavy atom. The number of aliphatic hydroxyl groups is 4. The van der Waals surface area contributed by atoms with Crippen LogP contribution in [0.15, 0.2) is 96.1 Å². The zero-order chi connectivity index (χ0) is 23.5. The summed E-state index contributed by atoms with van der Waals surface area (Å²) in [5.74, 6) is 0. The minimum absolute atomic E-state index is 0.173. The minimum Gasteiger partial charge on any atom is -0.394 e. The Morgan fingerprint density at radius 1 is 0.727 bits per heavy atom. The predicted octanol–water partition coefficient (Wildman–Crippen LogP) is 1.26. The van der Waals surface area contributed by atoms with Crippen molar-refractivity contribution in [2.75, 3.05) is 13.2 Å². The lowest BCUT2D eigenvalue weighted by molar-refractivity contribution is -0.0868. The molecule has 0 aromatic heterocycles. The summed E-state index contributed by atoms with van der Waals surface area (Å²) in [7, 11) is 0. The highest BCUT2D eigenvalue weighted by Crippen LogP contribution is 2.11. The molecule has 3 aromatic rings. The quantitative estimate of drug-likeness (QED) is 0.183. The third-order valence-electron chi connectivity index (χ3n) is 5.35. The lowest BCUT2D eigenvalue weighted by Crippen LogP contribution is -2.54. The molecule has 0 saturated carbocycles. The second-order valence-corrected chi connectivity index (χ2v) is 7.76. The average Bonchev–Trinajstić information content (AvgIpc) is 2.88. The van der Waals surface area contributed by atoms with E-state index in [9.17, 15) is 15.3 Å². The van der Waals surface area contributed by atoms with Crippen molar-refractivity contribution in [3.8, 4) is 0 Å². The Labute approximate surface area is 194 Å². The molecule has 33 heavy (non-hydrogen) atoms. The number of hydrogen-bond acceptors (Lipinski definition) is 7. The first kappa shape index (κ1) is 24.6. The molecule has 3 rings (SSSR count). The van der Waals surface area contributed by atoms with Crippen molar-refractivity contribution in [1.82, 2.24) is 10.7 Å². The average molecular weight is 450 g/mol. The first-order valence-corrected chi connectivity index (χ1v) is 10.9. The van der Waals surface area contributed by atoms with E-state index >= 15 is 0 Å². The van der Waals surface area contributed by atoms with E-state index in [-0.39, 0.29) is 6.54 Å². The molecule has 7 heteroatoms. The van der Waals surface area contributed by atoms with Crippen LogP contribution in [0.1, 0.15) is 16.7 Å². The van der Waals surface area contributed by atoms with Crippen LogP contribution < -0.4 is 10.7 Å². The molecule has 3 aromatic carbocycles. The number of hydrogen-bond donors (Lipinski definition) is 6. The summed E-state index contributed by atoms with van der Waals surface area (Å²) in [6.45, 7) is -0.0338. The third-order valence-corrected chi connectivity index (χ3v) is 5.35. The molecule has 2 unspecified atom stereocenters. The molecule has 0 aliphatic carbocycles. The molecule has 4 atom stereocenters. The van der Waals surface area contributed by atoms with E-state index in [1.54, 1.807) is 0 Å². The van der Waals surface area contributed by atoms with Crippen molar-refractivity contribution in [3.05, 3.63) is 108 Å². The fraction of sp³-hybridized carbons (Fsp3) is 0.269. The van der Waals surface area contributed by atoms with Gasteiger partial charge in [-0.3, -0.25) is 0 Å². The molecule has 0 aliphatic heterocycles. The lowest BCUT2D eigenvalue weighted by atomic mass is 10.0. The van der Waals surface area contributed by atoms with E-state index in [1.807, 2.05) is 91.0 Å². The van der Waals surface area contributed by atoms with Crippen molar-refractivity contribution in [2.45, 2.75) is 30.9 Å². The van der Waals surface area contributed by atoms with Crippen LogP contribution in [0.4, 0.5) is 0 Å². The summed E-state index contributed by atoms with van der Waals surface area (Å²) < 4.78 is 0. The van der Waals surface area contributed by atoms with E-state index < -0.39 is 31.0 Å². The molecule has 0 fully saturated rings. The van der Waals surface area contributed by atoms with Crippen molar-refractivity contribution in [1.29, 1.82) is 0 Å². The number of benzene rings is 3. The van der Waals surface area contributed by atoms with Gasteiger partial charge in [-0.2, -0.15) is 5.10 Å². The van der Waals surface area contributed by atoms with E-state index in [4.69, 9.17) is 5.11 Å². The van der Waals surface area contributed by atoms with Crippen LogP contribution in [0, 0.1) is 0 Å². The SMILES string of the molecule is OCC(O)[C@H](O)[C@H](O)C(CNN=C(c1ccccc1)c1ccccc1)NCc1ccccc1. The maximum Gasteiger partial charge on any atom is 0.110 e. The topological polar surface area (TPSA) is 117 Å². The Morgan fingerprint density at radius 2 is 1.24 bits per heavy atom. The van der Waals surface area contributed by atoms with Gasteiger partial charge < -0.3 is 31.2 Å². The highest BCUT2D eigenvalue weighted by atomic mass is 16.4. The summed E-state index contributed by atoms with van der Waals surface area (Å²) in [6.07, 6.45) is -4.30. The molecular weight excluding hydrogens is 418 g/mol. The number of nitrogens with zero attached hydrogens (tertiary/aromatic N) is 1. The molecule has 0 amide bonds. The molecule has 7 nitrogen and oxygen atoms in total. The molecular formula is C26H31N3O4. The first-order chi connectivity index (χ1) is 16.1. The van der Waals surface area contributed by atoms with Crippen LogP contribution in [0.25, 0.3) is 0 Å². The number of aliphatic hydroxyl groups excluding tert-OH is 4. The normalized spacial score (nSPS) is 14.7. The zero-order valence-electron chi connectivity index (χ0n) is 18.3. The molecule has 0 radical (unpaired) electrons. The second-order valence-electron chi connectivity index (χ2n) is 7.76. The summed E-state index contributed by atoms with van der Waals surface area (Å²) in [5.41, 5.74) is 6.63. The largest absolute Gasteiger partial charge is 0.394 e. The van der Waals surface area contributed by atoms with Crippen molar-refractivity contribution >= 4 is 5.71 Å². The van der Waals surface area contributed by atoms with Crippen LogP contribution in [-0.2, 0) is 6.54 Å². The highest BCUT2D eigenvalue weighted by molar-refractivity contribution is 6.12. The van der Waals surface area contributed by atoms with Crippen LogP contribution in [-0.4, -0.2) is 63.6 Å². The number of rotatable bonds is 12. The van der Waals surface area contributed by atoms with E-state index in [1.165, 1.54) is 0 Å². The van der Waals surface area contributed by atoms with Gasteiger partial charge in [-0.05, 0) is 5.56 Å². The number of hydrazone groups is 1. The van der Waals surface area contributed by atoms with E-state index in [0.717, 1.165) is 22.4 Å². The van der Waals surface area contributed by atoms with Gasteiger partial charge >= 0.3 is 0 Å². The maximum atomic E-state index is 10.7. The zero-order valence-corrected chi connectivity index (χ0v) is 18.3. The van der Waals surface area contributed by atoms with Gasteiger partial charge in [0.15, 0.2) is 0 Å². The van der Waals surface area contributed by atoms with E-state index in [0.29, 0.717) is 6.54 Å². The maximum absolute atomic E-state index is 10.7. The molecule has 0 spiro atoms. The molecule has 0 aliphatic rings. The molecule has 6 N–H and O–H groups in total. The Bertz CT molecular complexity index is 929. The van der Waals surface area contributed by atoms with Gasteiger partial charge in [0, 0.05) is 17.7 Å². The summed E-state index contributed by atoms with van der Waals surface area (Å²) >= 11 is 0. The highest BCUT2D eigenvalue weighted by Gasteiger charge is 2.30. The number of nitrogens with one attached hydrogen (secondary N) is 2. The predicted molar refractivity (Wildman–Crippen MR) is 129 cm³/mol. The van der Waals surface area contributed by atoms with Gasteiger partial charge in [0.2, 0.25) is 0 Å². The Kier molecular flexibility index (Phi) is 9.56. The molecule has 0 bridgehead atoms. The fourth-order valence-corrected chi connectivity index (χ4v) is 3.44. The lowest BCUT2D eigenvalue weighted by Gasteiger charge is -2.29. The van der Waals surface area contributed by atoms with Gasteiger partial charge in [-0.25, -0.2) is 0 Å². The van der Waals surface area contributed by atoms with Crippen molar-refractivity contribution < 1.29 is 20.4 Å². The van der Waals surface area contributed by atoms with Crippen LogP contribution in [0.3, 0.4) is 0 Å².